The molecular weight excluding hydrogens is 696 g/mol. The topological polar surface area (TPSA) is 256 Å². The van der Waals surface area contributed by atoms with Crippen molar-refractivity contribution in [3.05, 3.63) is 0 Å². The molecule has 0 saturated heterocycles. The third kappa shape index (κ3) is 19.9. The second-order valence-electron chi connectivity index (χ2n) is 13.3. The van der Waals surface area contributed by atoms with Gasteiger partial charge in [0.1, 0.15) is 0 Å². The number of hydrogen-bond donors (Lipinski definition) is 4. The van der Waals surface area contributed by atoms with Crippen LogP contribution in [-0.4, -0.2) is 114 Å². The van der Waals surface area contributed by atoms with Crippen molar-refractivity contribution in [3.63, 3.8) is 0 Å². The Bertz CT molecular complexity index is 1200. The van der Waals surface area contributed by atoms with Crippen molar-refractivity contribution in [1.82, 2.24) is 10.6 Å². The van der Waals surface area contributed by atoms with E-state index < -0.39 is 123 Å². The predicted molar refractivity (Wildman–Crippen MR) is 173 cm³/mol. The molecule has 0 rings (SSSR count). The third-order valence-electron chi connectivity index (χ3n) is 6.75. The minimum atomic E-state index is -4.24. The molecule has 0 aromatic carbocycles. The smallest absolute Gasteiger partial charge is 0.410 e. The van der Waals surface area contributed by atoms with Gasteiger partial charge < -0.3 is 39.8 Å². The highest BCUT2D eigenvalue weighted by molar-refractivity contribution is 7.87. The van der Waals surface area contributed by atoms with Crippen LogP contribution < -0.4 is 10.6 Å². The highest BCUT2D eigenvalue weighted by atomic mass is 32.2. The molecule has 2 unspecified atom stereocenters. The standard InChI is InChI=1S/C29H54N2O16S2/c1-18(2)24(34)44-20(5)46-26(36)30-14-22(32)28(7,8)16-42-48(38,39)12-11-13-49(40,41)43-17-29(9,10)23(33)15-31-27(37)47-21(6)45-25(35)19(3)4/h18-23,32-33H,11-17H2,1-10H3,(H,30,36)(H,31,37)/t20?,21?,22-,23-/m1/s1. The molecule has 20 heteroatoms. The molecule has 0 heterocycles. The molecule has 0 aliphatic heterocycles. The van der Waals surface area contributed by atoms with Gasteiger partial charge in [0.25, 0.3) is 20.2 Å². The molecule has 0 aromatic heterocycles. The molecule has 0 aliphatic rings. The SMILES string of the molecule is CC(OC(=O)NC[C@@H](O)C(C)(C)COS(=O)(=O)CCCS(=O)(=O)OCC(C)(C)[C@H](O)CNC(=O)OC(C)OC(=O)C(C)C)OC(=O)C(C)C. The average Bonchev–Trinajstić information content (AvgIpc) is 2.96. The van der Waals surface area contributed by atoms with Crippen molar-refractivity contribution in [1.29, 1.82) is 0 Å². The monoisotopic (exact) mass is 750 g/mol. The molecule has 288 valence electrons. The van der Waals surface area contributed by atoms with Gasteiger partial charge in [-0.15, -0.1) is 0 Å². The predicted octanol–water partition coefficient (Wildman–Crippen LogP) is 1.39. The molecule has 0 bridgehead atoms. The fourth-order valence-corrected chi connectivity index (χ4v) is 5.53. The molecular formula is C29H54N2O16S2. The largest absolute Gasteiger partial charge is 0.425 e. The molecule has 49 heavy (non-hydrogen) atoms. The van der Waals surface area contributed by atoms with Gasteiger partial charge in [-0.3, -0.25) is 18.0 Å². The molecule has 0 radical (unpaired) electrons. The Morgan fingerprint density at radius 3 is 1.18 bits per heavy atom. The number of amides is 2. The minimum absolute atomic E-state index is 0.352. The van der Waals surface area contributed by atoms with Gasteiger partial charge in [-0.25, -0.2) is 9.59 Å². The van der Waals surface area contributed by atoms with Crippen LogP contribution in [0.1, 0.15) is 75.7 Å². The van der Waals surface area contributed by atoms with Crippen LogP contribution in [0.15, 0.2) is 0 Å². The van der Waals surface area contributed by atoms with E-state index in [0.29, 0.717) is 0 Å². The highest BCUT2D eigenvalue weighted by Crippen LogP contribution is 2.23. The lowest BCUT2D eigenvalue weighted by molar-refractivity contribution is -0.170. The van der Waals surface area contributed by atoms with E-state index in [1.807, 2.05) is 0 Å². The van der Waals surface area contributed by atoms with Crippen LogP contribution in [0.4, 0.5) is 9.59 Å². The summed E-state index contributed by atoms with van der Waals surface area (Å²) in [6.45, 7) is 13.3. The van der Waals surface area contributed by atoms with Crippen molar-refractivity contribution in [2.75, 3.05) is 37.8 Å². The second-order valence-corrected chi connectivity index (χ2v) is 16.8. The van der Waals surface area contributed by atoms with Crippen LogP contribution in [0, 0.1) is 22.7 Å². The van der Waals surface area contributed by atoms with E-state index in [2.05, 4.69) is 10.6 Å². The Balaban J connectivity index is 4.68. The first-order valence-corrected chi connectivity index (χ1v) is 18.8. The number of alkyl carbamates (subject to hydrolysis) is 2. The fraction of sp³-hybridized carbons (Fsp3) is 0.862. The molecule has 0 saturated carbocycles. The number of carbonyl (C=O) groups is 4. The molecule has 0 spiro atoms. The van der Waals surface area contributed by atoms with Crippen molar-refractivity contribution in [2.45, 2.75) is 100 Å². The number of rotatable bonds is 22. The highest BCUT2D eigenvalue weighted by Gasteiger charge is 2.33. The van der Waals surface area contributed by atoms with Gasteiger partial charge in [0.2, 0.25) is 12.6 Å². The summed E-state index contributed by atoms with van der Waals surface area (Å²) in [5.74, 6) is -3.39. The van der Waals surface area contributed by atoms with Gasteiger partial charge in [0.05, 0.1) is 48.8 Å². The number of ether oxygens (including phenoxy) is 4. The van der Waals surface area contributed by atoms with E-state index in [1.54, 1.807) is 27.7 Å². The van der Waals surface area contributed by atoms with Crippen molar-refractivity contribution in [2.24, 2.45) is 22.7 Å². The molecule has 4 atom stereocenters. The molecule has 18 nitrogen and oxygen atoms in total. The lowest BCUT2D eigenvalue weighted by Gasteiger charge is -2.30. The Kier molecular flexibility index (Phi) is 19.0. The minimum Gasteiger partial charge on any atom is -0.425 e. The number of hydrogen-bond acceptors (Lipinski definition) is 16. The van der Waals surface area contributed by atoms with E-state index in [9.17, 15) is 46.2 Å². The average molecular weight is 751 g/mol. The lowest BCUT2D eigenvalue weighted by Crippen LogP contribution is -2.44. The molecule has 4 N–H and O–H groups in total. The maximum Gasteiger partial charge on any atom is 0.410 e. The summed E-state index contributed by atoms with van der Waals surface area (Å²) in [5, 5.41) is 25.5. The van der Waals surface area contributed by atoms with Crippen molar-refractivity contribution < 1.29 is 73.5 Å². The summed E-state index contributed by atoms with van der Waals surface area (Å²) in [6.07, 6.45) is -7.31. The fourth-order valence-electron chi connectivity index (χ4n) is 3.15. The number of aliphatic hydroxyl groups excluding tert-OH is 2. The van der Waals surface area contributed by atoms with E-state index in [4.69, 9.17) is 27.3 Å². The molecule has 2 amide bonds. The van der Waals surface area contributed by atoms with Crippen LogP contribution >= 0.6 is 0 Å². The lowest BCUT2D eigenvalue weighted by atomic mass is 9.87. The maximum atomic E-state index is 12.4. The van der Waals surface area contributed by atoms with E-state index in [-0.39, 0.29) is 13.1 Å². The van der Waals surface area contributed by atoms with Gasteiger partial charge >= 0.3 is 24.1 Å². The maximum absolute atomic E-state index is 12.4. The number of nitrogens with one attached hydrogen (secondary N) is 2. The normalized spacial score (nSPS) is 15.1. The zero-order valence-electron chi connectivity index (χ0n) is 29.8. The summed E-state index contributed by atoms with van der Waals surface area (Å²) in [6, 6.07) is 0. The summed E-state index contributed by atoms with van der Waals surface area (Å²) >= 11 is 0. The van der Waals surface area contributed by atoms with Gasteiger partial charge in [0, 0.05) is 37.8 Å². The van der Waals surface area contributed by atoms with Crippen molar-refractivity contribution >= 4 is 44.4 Å². The Hall–Kier alpha value is -2.78. The van der Waals surface area contributed by atoms with Gasteiger partial charge in [0.15, 0.2) is 0 Å². The zero-order chi connectivity index (χ0) is 38.4. The Morgan fingerprint density at radius 1 is 0.592 bits per heavy atom. The van der Waals surface area contributed by atoms with Gasteiger partial charge in [-0.2, -0.15) is 16.8 Å². The van der Waals surface area contributed by atoms with Crippen LogP contribution in [0.2, 0.25) is 0 Å². The number of carbonyl (C=O) groups excluding carboxylic acids is 4. The third-order valence-corrected chi connectivity index (χ3v) is 9.28. The summed E-state index contributed by atoms with van der Waals surface area (Å²) in [4.78, 5) is 47.0. The molecule has 0 aromatic rings. The number of aliphatic hydroxyl groups is 2. The first-order valence-electron chi connectivity index (χ1n) is 15.6. The Labute approximate surface area is 289 Å². The quantitative estimate of drug-likeness (QED) is 0.0692. The zero-order valence-corrected chi connectivity index (χ0v) is 31.5. The number of esters is 2. The van der Waals surface area contributed by atoms with E-state index in [1.165, 1.54) is 41.5 Å². The van der Waals surface area contributed by atoms with Crippen LogP contribution in [0.25, 0.3) is 0 Å². The van der Waals surface area contributed by atoms with Gasteiger partial charge in [-0.1, -0.05) is 55.4 Å². The van der Waals surface area contributed by atoms with E-state index >= 15 is 0 Å². The summed E-state index contributed by atoms with van der Waals surface area (Å²) < 4.78 is 79.2. The Morgan fingerprint density at radius 2 is 0.898 bits per heavy atom. The van der Waals surface area contributed by atoms with Crippen LogP contribution in [-0.2, 0) is 57.1 Å². The summed E-state index contributed by atoms with van der Waals surface area (Å²) in [7, 11) is -8.48. The first-order chi connectivity index (χ1) is 22.2. The van der Waals surface area contributed by atoms with E-state index in [0.717, 1.165) is 0 Å². The van der Waals surface area contributed by atoms with Gasteiger partial charge in [-0.05, 0) is 6.42 Å². The second kappa shape index (κ2) is 20.2. The summed E-state index contributed by atoms with van der Waals surface area (Å²) in [5.41, 5.74) is -2.38. The first kappa shape index (κ1) is 46.2. The molecule has 0 fully saturated rings. The van der Waals surface area contributed by atoms with Crippen molar-refractivity contribution in [3.8, 4) is 0 Å². The van der Waals surface area contributed by atoms with Crippen LogP contribution in [0.3, 0.4) is 0 Å². The molecule has 0 aliphatic carbocycles. The van der Waals surface area contributed by atoms with Crippen LogP contribution in [0.5, 0.6) is 0 Å².